The van der Waals surface area contributed by atoms with Crippen LogP contribution in [0.5, 0.6) is 0 Å². The van der Waals surface area contributed by atoms with Crippen LogP contribution < -0.4 is 5.73 Å². The van der Waals surface area contributed by atoms with E-state index in [0.29, 0.717) is 0 Å². The Kier molecular flexibility index (Phi) is 1.72. The number of aliphatic hydroxyl groups excluding tert-OH is 1. The maximum absolute atomic E-state index is 9.17. The predicted octanol–water partition coefficient (Wildman–Crippen LogP) is -0.270. The lowest BCUT2D eigenvalue weighted by Gasteiger charge is -2.18. The Bertz CT molecular complexity index is 197. The lowest BCUT2D eigenvalue weighted by atomic mass is 10.1. The molecule has 0 amide bonds. The monoisotopic (exact) mass is 141 g/mol. The summed E-state index contributed by atoms with van der Waals surface area (Å²) in [6.45, 7) is 3.69. The van der Waals surface area contributed by atoms with Crippen LogP contribution in [0.1, 0.15) is 13.8 Å². The second-order valence-corrected chi connectivity index (χ2v) is 2.44. The van der Waals surface area contributed by atoms with Gasteiger partial charge in [0.25, 0.3) is 0 Å². The Hall–Kier alpha value is -0.900. The zero-order chi connectivity index (χ0) is 7.72. The standard InChI is InChI=1S/C6H11N3O/c1-3-4(2)8-6(7)9-5(3)10/h3,5,10H,1-2H3,(H2,7,9)/t3-,5-/m0/s1. The van der Waals surface area contributed by atoms with Gasteiger partial charge in [-0.05, 0) is 6.92 Å². The summed E-state index contributed by atoms with van der Waals surface area (Å²) in [6, 6.07) is 0. The van der Waals surface area contributed by atoms with Crippen LogP contribution in [-0.2, 0) is 0 Å². The fourth-order valence-corrected chi connectivity index (χ4v) is 0.774. The number of hydrogen-bond donors (Lipinski definition) is 2. The first kappa shape index (κ1) is 7.21. The summed E-state index contributed by atoms with van der Waals surface area (Å²) in [5, 5.41) is 9.17. The Morgan fingerprint density at radius 2 is 2.20 bits per heavy atom. The van der Waals surface area contributed by atoms with Gasteiger partial charge in [0.05, 0.1) is 0 Å². The van der Waals surface area contributed by atoms with Crippen molar-refractivity contribution in [3.63, 3.8) is 0 Å². The number of nitrogens with zero attached hydrogens (tertiary/aromatic N) is 2. The van der Waals surface area contributed by atoms with Gasteiger partial charge in [-0.1, -0.05) is 6.92 Å². The average molecular weight is 141 g/mol. The Morgan fingerprint density at radius 1 is 1.60 bits per heavy atom. The normalized spacial score (nSPS) is 33.1. The minimum absolute atomic E-state index is 0.00713. The van der Waals surface area contributed by atoms with Crippen molar-refractivity contribution in [3.8, 4) is 0 Å². The molecule has 4 nitrogen and oxygen atoms in total. The molecule has 0 fully saturated rings. The summed E-state index contributed by atoms with van der Waals surface area (Å²) in [4.78, 5) is 7.58. The molecule has 0 radical (unpaired) electrons. The summed E-state index contributed by atoms with van der Waals surface area (Å²) in [5.41, 5.74) is 6.11. The fraction of sp³-hybridized carbons (Fsp3) is 0.667. The van der Waals surface area contributed by atoms with Crippen LogP contribution in [0.25, 0.3) is 0 Å². The molecule has 0 unspecified atom stereocenters. The van der Waals surface area contributed by atoms with Crippen LogP contribution in [0.15, 0.2) is 9.98 Å². The second-order valence-electron chi connectivity index (χ2n) is 2.44. The molecule has 0 aromatic carbocycles. The summed E-state index contributed by atoms with van der Waals surface area (Å²) in [6.07, 6.45) is -0.711. The van der Waals surface area contributed by atoms with E-state index in [4.69, 9.17) is 5.73 Å². The number of nitrogens with two attached hydrogens (primary N) is 1. The van der Waals surface area contributed by atoms with Gasteiger partial charge in [0, 0.05) is 11.6 Å². The van der Waals surface area contributed by atoms with E-state index in [-0.39, 0.29) is 11.9 Å². The van der Waals surface area contributed by atoms with Gasteiger partial charge >= 0.3 is 0 Å². The van der Waals surface area contributed by atoms with Crippen LogP contribution in [0.2, 0.25) is 0 Å². The molecule has 0 saturated heterocycles. The summed E-state index contributed by atoms with van der Waals surface area (Å²) >= 11 is 0. The van der Waals surface area contributed by atoms with Crippen molar-refractivity contribution >= 4 is 11.7 Å². The van der Waals surface area contributed by atoms with Gasteiger partial charge in [-0.15, -0.1) is 0 Å². The molecular formula is C6H11N3O. The lowest BCUT2D eigenvalue weighted by molar-refractivity contribution is 0.153. The van der Waals surface area contributed by atoms with Crippen molar-refractivity contribution in [3.05, 3.63) is 0 Å². The van der Waals surface area contributed by atoms with E-state index >= 15 is 0 Å². The highest BCUT2D eigenvalue weighted by Gasteiger charge is 2.20. The van der Waals surface area contributed by atoms with Crippen molar-refractivity contribution < 1.29 is 5.11 Å². The molecule has 1 aliphatic rings. The number of aliphatic imine (C=N–C) groups is 2. The van der Waals surface area contributed by atoms with Crippen molar-refractivity contribution in [2.45, 2.75) is 20.1 Å². The Balaban J connectivity index is 2.85. The van der Waals surface area contributed by atoms with Crippen LogP contribution >= 0.6 is 0 Å². The SMILES string of the molecule is CC1=NC(N)=N[C@@H](O)[C@H]1C. The molecule has 0 aromatic rings. The highest BCUT2D eigenvalue weighted by molar-refractivity contribution is 5.98. The minimum atomic E-state index is -0.711. The minimum Gasteiger partial charge on any atom is -0.371 e. The molecule has 0 saturated carbocycles. The molecule has 0 aromatic heterocycles. The largest absolute Gasteiger partial charge is 0.371 e. The van der Waals surface area contributed by atoms with Gasteiger partial charge in [0.2, 0.25) is 5.96 Å². The topological polar surface area (TPSA) is 71.0 Å². The number of guanidine groups is 1. The summed E-state index contributed by atoms with van der Waals surface area (Å²) in [5.74, 6) is 0.162. The molecule has 4 heteroatoms. The molecule has 0 spiro atoms. The molecule has 1 rings (SSSR count). The smallest absolute Gasteiger partial charge is 0.217 e. The van der Waals surface area contributed by atoms with Gasteiger partial charge in [-0.3, -0.25) is 0 Å². The molecule has 3 N–H and O–H groups in total. The average Bonchev–Trinajstić information content (AvgIpc) is 1.82. The van der Waals surface area contributed by atoms with Crippen LogP contribution in [0.4, 0.5) is 0 Å². The summed E-state index contributed by atoms with van der Waals surface area (Å²) in [7, 11) is 0. The maximum Gasteiger partial charge on any atom is 0.217 e. The lowest BCUT2D eigenvalue weighted by Crippen LogP contribution is -2.30. The zero-order valence-electron chi connectivity index (χ0n) is 6.07. The molecule has 1 heterocycles. The molecule has 0 bridgehead atoms. The quantitative estimate of drug-likeness (QED) is 0.487. The van der Waals surface area contributed by atoms with Gasteiger partial charge < -0.3 is 10.8 Å². The number of aliphatic hydroxyl groups is 1. The molecule has 56 valence electrons. The second kappa shape index (κ2) is 2.38. The third-order valence-electron chi connectivity index (χ3n) is 1.66. The van der Waals surface area contributed by atoms with E-state index in [1.165, 1.54) is 0 Å². The van der Waals surface area contributed by atoms with E-state index in [1.54, 1.807) is 0 Å². The third-order valence-corrected chi connectivity index (χ3v) is 1.66. The van der Waals surface area contributed by atoms with Gasteiger partial charge in [-0.25, -0.2) is 9.98 Å². The highest BCUT2D eigenvalue weighted by Crippen LogP contribution is 2.10. The van der Waals surface area contributed by atoms with Crippen LogP contribution in [0.3, 0.4) is 0 Å². The van der Waals surface area contributed by atoms with E-state index in [0.717, 1.165) is 5.71 Å². The van der Waals surface area contributed by atoms with Crippen molar-refractivity contribution in [1.82, 2.24) is 0 Å². The molecular weight excluding hydrogens is 130 g/mol. The predicted molar refractivity (Wildman–Crippen MR) is 39.9 cm³/mol. The molecule has 0 aliphatic carbocycles. The number of rotatable bonds is 0. The molecule has 2 atom stereocenters. The molecule has 10 heavy (non-hydrogen) atoms. The zero-order valence-corrected chi connectivity index (χ0v) is 6.07. The van der Waals surface area contributed by atoms with E-state index in [9.17, 15) is 5.11 Å². The van der Waals surface area contributed by atoms with E-state index in [1.807, 2.05) is 13.8 Å². The van der Waals surface area contributed by atoms with Crippen LogP contribution in [-0.4, -0.2) is 23.0 Å². The van der Waals surface area contributed by atoms with Crippen molar-refractivity contribution in [1.29, 1.82) is 0 Å². The maximum atomic E-state index is 9.17. The Morgan fingerprint density at radius 3 is 2.70 bits per heavy atom. The Labute approximate surface area is 59.5 Å². The van der Waals surface area contributed by atoms with Crippen molar-refractivity contribution in [2.75, 3.05) is 0 Å². The first-order chi connectivity index (χ1) is 4.61. The molecule has 1 aliphatic heterocycles. The first-order valence-corrected chi connectivity index (χ1v) is 3.18. The third kappa shape index (κ3) is 1.16. The van der Waals surface area contributed by atoms with E-state index < -0.39 is 6.23 Å². The van der Waals surface area contributed by atoms with E-state index in [2.05, 4.69) is 9.98 Å². The van der Waals surface area contributed by atoms with Gasteiger partial charge in [0.1, 0.15) is 0 Å². The van der Waals surface area contributed by atoms with Gasteiger partial charge in [0.15, 0.2) is 6.23 Å². The highest BCUT2D eigenvalue weighted by atomic mass is 16.3. The number of hydrogen-bond acceptors (Lipinski definition) is 4. The van der Waals surface area contributed by atoms with Crippen molar-refractivity contribution in [2.24, 2.45) is 21.6 Å². The fourth-order valence-electron chi connectivity index (χ4n) is 0.774. The van der Waals surface area contributed by atoms with Gasteiger partial charge in [-0.2, -0.15) is 0 Å². The summed E-state index contributed by atoms with van der Waals surface area (Å²) < 4.78 is 0. The van der Waals surface area contributed by atoms with Crippen LogP contribution in [0, 0.1) is 5.92 Å². The first-order valence-electron chi connectivity index (χ1n) is 3.18.